The number of nitrogen functional groups attached to an aromatic ring is 1. The fourth-order valence-corrected chi connectivity index (χ4v) is 1.71. The summed E-state index contributed by atoms with van der Waals surface area (Å²) in [4.78, 5) is 17.2. The molecule has 0 saturated heterocycles. The van der Waals surface area contributed by atoms with Gasteiger partial charge in [0.2, 0.25) is 5.91 Å². The minimum absolute atomic E-state index is 0.0480. The Morgan fingerprint density at radius 3 is 3.06 bits per heavy atom. The zero-order valence-electron chi connectivity index (χ0n) is 9.14. The van der Waals surface area contributed by atoms with E-state index < -0.39 is 0 Å². The number of hydrogen-bond donors (Lipinski definition) is 3. The molecule has 1 heterocycles. The molecule has 0 unspecified atom stereocenters. The minimum atomic E-state index is -0.0949. The molecule has 1 aromatic heterocycles. The maximum Gasteiger partial charge on any atom is 0.234 e. The van der Waals surface area contributed by atoms with Gasteiger partial charge in [0, 0.05) is 11.9 Å². The maximum absolute atomic E-state index is 11.4. The van der Waals surface area contributed by atoms with E-state index in [1.54, 1.807) is 11.9 Å². The Labute approximate surface area is 98.1 Å². The molecule has 0 bridgehead atoms. The second-order valence-corrected chi connectivity index (χ2v) is 4.30. The van der Waals surface area contributed by atoms with Crippen LogP contribution in [0.5, 0.6) is 0 Å². The third-order valence-corrected chi connectivity index (χ3v) is 2.65. The number of nitrogens with two attached hydrogens (primary N) is 1. The van der Waals surface area contributed by atoms with Gasteiger partial charge in [0.1, 0.15) is 0 Å². The molecule has 16 heavy (non-hydrogen) atoms. The number of anilines is 1. The summed E-state index contributed by atoms with van der Waals surface area (Å²) in [5, 5.41) is 13.7. The van der Waals surface area contributed by atoms with E-state index >= 15 is 0 Å². The van der Waals surface area contributed by atoms with Crippen molar-refractivity contribution in [3.8, 4) is 0 Å². The highest BCUT2D eigenvalue weighted by atomic mass is 32.1. The molecular weight excluding hydrogens is 228 g/mol. The molecule has 0 saturated carbocycles. The molecule has 0 aromatic carbocycles. The SMILES string of the molecule is CN(CCO)CC(=O)NCc1csc(N)n1. The summed E-state index contributed by atoms with van der Waals surface area (Å²) in [5.74, 6) is -0.0949. The number of carbonyl (C=O) groups excluding carboxylic acids is 1. The van der Waals surface area contributed by atoms with Gasteiger partial charge in [-0.2, -0.15) is 0 Å². The van der Waals surface area contributed by atoms with E-state index in [1.807, 2.05) is 5.38 Å². The lowest BCUT2D eigenvalue weighted by atomic mass is 10.4. The lowest BCUT2D eigenvalue weighted by Crippen LogP contribution is -2.36. The summed E-state index contributed by atoms with van der Waals surface area (Å²) < 4.78 is 0. The van der Waals surface area contributed by atoms with Crippen LogP contribution in [0.25, 0.3) is 0 Å². The van der Waals surface area contributed by atoms with Crippen molar-refractivity contribution in [1.82, 2.24) is 15.2 Å². The van der Waals surface area contributed by atoms with Crippen LogP contribution in [0.3, 0.4) is 0 Å². The van der Waals surface area contributed by atoms with Crippen LogP contribution >= 0.6 is 11.3 Å². The Balaban J connectivity index is 2.25. The van der Waals surface area contributed by atoms with E-state index in [1.165, 1.54) is 11.3 Å². The quantitative estimate of drug-likeness (QED) is 0.613. The number of nitrogens with zero attached hydrogens (tertiary/aromatic N) is 2. The molecule has 0 radical (unpaired) electrons. The average molecular weight is 244 g/mol. The molecule has 0 aliphatic heterocycles. The van der Waals surface area contributed by atoms with Crippen LogP contribution < -0.4 is 11.1 Å². The minimum Gasteiger partial charge on any atom is -0.395 e. The number of thiazole rings is 1. The normalized spacial score (nSPS) is 10.7. The number of aromatic nitrogens is 1. The fraction of sp³-hybridized carbons (Fsp3) is 0.556. The Morgan fingerprint density at radius 1 is 1.75 bits per heavy atom. The van der Waals surface area contributed by atoms with Gasteiger partial charge in [-0.25, -0.2) is 4.98 Å². The van der Waals surface area contributed by atoms with Gasteiger partial charge >= 0.3 is 0 Å². The second kappa shape index (κ2) is 6.41. The van der Waals surface area contributed by atoms with E-state index in [0.29, 0.717) is 18.2 Å². The smallest absolute Gasteiger partial charge is 0.234 e. The highest BCUT2D eigenvalue weighted by Crippen LogP contribution is 2.10. The van der Waals surface area contributed by atoms with Crippen LogP contribution in [0.15, 0.2) is 5.38 Å². The van der Waals surface area contributed by atoms with E-state index in [2.05, 4.69) is 10.3 Å². The van der Waals surface area contributed by atoms with Crippen LogP contribution in [0.4, 0.5) is 5.13 Å². The van der Waals surface area contributed by atoms with Gasteiger partial charge in [-0.3, -0.25) is 9.69 Å². The number of nitrogens with one attached hydrogen (secondary N) is 1. The van der Waals surface area contributed by atoms with Crippen LogP contribution in [0, 0.1) is 0 Å². The first kappa shape index (κ1) is 12.9. The number of aliphatic hydroxyl groups excluding tert-OH is 1. The van der Waals surface area contributed by atoms with Gasteiger partial charge in [-0.05, 0) is 7.05 Å². The van der Waals surface area contributed by atoms with Crippen LogP contribution in [-0.4, -0.2) is 47.6 Å². The number of aliphatic hydroxyl groups is 1. The lowest BCUT2D eigenvalue weighted by Gasteiger charge is -2.13. The van der Waals surface area contributed by atoms with Crippen LogP contribution in [-0.2, 0) is 11.3 Å². The molecule has 0 fully saturated rings. The third kappa shape index (κ3) is 4.56. The lowest BCUT2D eigenvalue weighted by molar-refractivity contribution is -0.122. The van der Waals surface area contributed by atoms with Crippen LogP contribution in [0.1, 0.15) is 5.69 Å². The van der Waals surface area contributed by atoms with Gasteiger partial charge < -0.3 is 16.2 Å². The summed E-state index contributed by atoms with van der Waals surface area (Å²) in [6.07, 6.45) is 0. The fourth-order valence-electron chi connectivity index (χ4n) is 1.14. The number of hydrogen-bond acceptors (Lipinski definition) is 6. The number of rotatable bonds is 6. The summed E-state index contributed by atoms with van der Waals surface area (Å²) >= 11 is 1.35. The molecule has 0 aliphatic carbocycles. The van der Waals surface area contributed by atoms with Crippen molar-refractivity contribution < 1.29 is 9.90 Å². The van der Waals surface area contributed by atoms with Crippen molar-refractivity contribution in [3.63, 3.8) is 0 Å². The number of amides is 1. The Hall–Kier alpha value is -1.18. The highest BCUT2D eigenvalue weighted by Gasteiger charge is 2.06. The van der Waals surface area contributed by atoms with E-state index in [0.717, 1.165) is 5.69 Å². The summed E-state index contributed by atoms with van der Waals surface area (Å²) in [6, 6.07) is 0. The first-order valence-corrected chi connectivity index (χ1v) is 5.75. The first-order valence-electron chi connectivity index (χ1n) is 4.88. The van der Waals surface area contributed by atoms with Crippen molar-refractivity contribution in [3.05, 3.63) is 11.1 Å². The third-order valence-electron chi connectivity index (χ3n) is 1.93. The van der Waals surface area contributed by atoms with Gasteiger partial charge in [0.25, 0.3) is 0 Å². The zero-order valence-corrected chi connectivity index (χ0v) is 9.96. The van der Waals surface area contributed by atoms with E-state index in [4.69, 9.17) is 10.8 Å². The summed E-state index contributed by atoms with van der Waals surface area (Å²) in [5.41, 5.74) is 6.23. The van der Waals surface area contributed by atoms with Crippen molar-refractivity contribution in [1.29, 1.82) is 0 Å². The molecule has 0 spiro atoms. The van der Waals surface area contributed by atoms with Crippen LogP contribution in [0.2, 0.25) is 0 Å². The largest absolute Gasteiger partial charge is 0.395 e. The zero-order chi connectivity index (χ0) is 12.0. The van der Waals surface area contributed by atoms with Crippen molar-refractivity contribution in [2.45, 2.75) is 6.54 Å². The van der Waals surface area contributed by atoms with E-state index in [9.17, 15) is 4.79 Å². The predicted molar refractivity (Wildman–Crippen MR) is 63.0 cm³/mol. The molecule has 90 valence electrons. The monoisotopic (exact) mass is 244 g/mol. The molecule has 0 atom stereocenters. The maximum atomic E-state index is 11.4. The Bertz CT molecular complexity index is 342. The number of carbonyl (C=O) groups is 1. The number of likely N-dealkylation sites (N-methyl/N-ethyl adjacent to an activating group) is 1. The van der Waals surface area contributed by atoms with Crippen molar-refractivity contribution in [2.24, 2.45) is 0 Å². The summed E-state index contributed by atoms with van der Waals surface area (Å²) in [7, 11) is 1.77. The van der Waals surface area contributed by atoms with E-state index in [-0.39, 0.29) is 19.1 Å². The highest BCUT2D eigenvalue weighted by molar-refractivity contribution is 7.13. The molecule has 0 aliphatic rings. The predicted octanol–water partition coefficient (Wildman–Crippen LogP) is -0.734. The summed E-state index contributed by atoms with van der Waals surface area (Å²) in [6.45, 7) is 1.18. The molecule has 7 heteroatoms. The molecule has 1 amide bonds. The topological polar surface area (TPSA) is 91.5 Å². The van der Waals surface area contributed by atoms with Crippen molar-refractivity contribution >= 4 is 22.4 Å². The van der Waals surface area contributed by atoms with Gasteiger partial charge in [-0.15, -0.1) is 11.3 Å². The first-order chi connectivity index (χ1) is 7.61. The Kier molecular flexibility index (Phi) is 5.17. The molecule has 1 aromatic rings. The molecular formula is C9H16N4O2S. The average Bonchev–Trinajstić information content (AvgIpc) is 2.61. The Morgan fingerprint density at radius 2 is 2.50 bits per heavy atom. The van der Waals surface area contributed by atoms with Gasteiger partial charge in [-0.1, -0.05) is 0 Å². The standard InChI is InChI=1S/C9H16N4O2S/c1-13(2-3-14)5-8(15)11-4-7-6-16-9(10)12-7/h6,14H,2-5H2,1H3,(H2,10,12)(H,11,15). The molecule has 6 nitrogen and oxygen atoms in total. The second-order valence-electron chi connectivity index (χ2n) is 3.42. The van der Waals surface area contributed by atoms with Gasteiger partial charge in [0.15, 0.2) is 5.13 Å². The van der Waals surface area contributed by atoms with Crippen molar-refractivity contribution in [2.75, 3.05) is 32.5 Å². The van der Waals surface area contributed by atoms with Gasteiger partial charge in [0.05, 0.1) is 25.4 Å². The molecule has 4 N–H and O–H groups in total. The molecule has 1 rings (SSSR count).